The zero-order valence-electron chi connectivity index (χ0n) is 11.5. The number of hydrogen-bond acceptors (Lipinski definition) is 3. The Balaban J connectivity index is 2.15. The van der Waals surface area contributed by atoms with Gasteiger partial charge in [0.25, 0.3) is 0 Å². The van der Waals surface area contributed by atoms with Gasteiger partial charge in [-0.2, -0.15) is 0 Å². The molecule has 0 bridgehead atoms. The topological polar surface area (TPSA) is 38.3 Å². The number of rotatable bonds is 5. The zero-order chi connectivity index (χ0) is 15.2. The first-order chi connectivity index (χ1) is 10.1. The lowest BCUT2D eigenvalue weighted by atomic mass is 10.0. The van der Waals surface area contributed by atoms with Crippen molar-refractivity contribution in [3.8, 4) is 0 Å². The minimum absolute atomic E-state index is 0.180. The molecule has 0 atom stereocenters. The summed E-state index contributed by atoms with van der Waals surface area (Å²) in [6.45, 7) is 0.369. The smallest absolute Gasteiger partial charge is 0.309 e. The number of halogens is 2. The molecule has 0 radical (unpaired) electrons. The fraction of sp³-hybridized carbons (Fsp3) is 0.188. The molecule has 0 unspecified atom stereocenters. The van der Waals surface area contributed by atoms with E-state index in [4.69, 9.17) is 11.6 Å². The Hall–Kier alpha value is -2.07. The highest BCUT2D eigenvalue weighted by molar-refractivity contribution is 6.33. The lowest BCUT2D eigenvalue weighted by molar-refractivity contribution is -0.139. The van der Waals surface area contributed by atoms with Crippen LogP contribution in [0.3, 0.4) is 0 Å². The highest BCUT2D eigenvalue weighted by Gasteiger charge is 2.10. The van der Waals surface area contributed by atoms with Crippen molar-refractivity contribution in [2.24, 2.45) is 0 Å². The van der Waals surface area contributed by atoms with Gasteiger partial charge in [0.05, 0.1) is 24.2 Å². The van der Waals surface area contributed by atoms with Crippen LogP contribution in [0.4, 0.5) is 10.1 Å². The van der Waals surface area contributed by atoms with E-state index < -0.39 is 5.82 Å². The quantitative estimate of drug-likeness (QED) is 0.854. The monoisotopic (exact) mass is 307 g/mol. The van der Waals surface area contributed by atoms with E-state index in [1.165, 1.54) is 13.2 Å². The van der Waals surface area contributed by atoms with Crippen LogP contribution in [0.25, 0.3) is 0 Å². The van der Waals surface area contributed by atoms with Crippen LogP contribution in [0.5, 0.6) is 0 Å². The summed E-state index contributed by atoms with van der Waals surface area (Å²) in [7, 11) is 1.35. The van der Waals surface area contributed by atoms with Crippen LogP contribution in [0, 0.1) is 5.82 Å². The van der Waals surface area contributed by atoms with Crippen LogP contribution in [0.15, 0.2) is 42.5 Å². The van der Waals surface area contributed by atoms with Crippen molar-refractivity contribution in [2.45, 2.75) is 13.0 Å². The van der Waals surface area contributed by atoms with Crippen molar-refractivity contribution >= 4 is 23.3 Å². The molecule has 0 aliphatic rings. The van der Waals surface area contributed by atoms with E-state index in [1.54, 1.807) is 12.1 Å². The Kier molecular flexibility index (Phi) is 5.17. The molecule has 2 aromatic carbocycles. The Bertz CT molecular complexity index is 626. The van der Waals surface area contributed by atoms with E-state index in [-0.39, 0.29) is 18.1 Å². The predicted octanol–water partition coefficient (Wildman–Crippen LogP) is 3.81. The maximum atomic E-state index is 13.7. The third kappa shape index (κ3) is 3.95. The lowest BCUT2D eigenvalue weighted by Crippen LogP contribution is -2.09. The fourth-order valence-corrected chi connectivity index (χ4v) is 2.21. The zero-order valence-corrected chi connectivity index (χ0v) is 12.3. The van der Waals surface area contributed by atoms with Crippen LogP contribution in [-0.2, 0) is 22.5 Å². The highest BCUT2D eigenvalue weighted by Crippen LogP contribution is 2.25. The van der Waals surface area contributed by atoms with Gasteiger partial charge in [-0.1, -0.05) is 41.9 Å². The number of nitrogens with one attached hydrogen (secondary N) is 1. The number of carbonyl (C=O) groups is 1. The van der Waals surface area contributed by atoms with Gasteiger partial charge >= 0.3 is 5.97 Å². The molecule has 3 nitrogen and oxygen atoms in total. The predicted molar refractivity (Wildman–Crippen MR) is 80.9 cm³/mol. The molecule has 0 aliphatic carbocycles. The molecule has 2 aromatic rings. The number of para-hydroxylation sites is 1. The first kappa shape index (κ1) is 15.3. The number of carbonyl (C=O) groups excluding carboxylic acids is 1. The van der Waals surface area contributed by atoms with Crippen molar-refractivity contribution < 1.29 is 13.9 Å². The van der Waals surface area contributed by atoms with Crippen molar-refractivity contribution in [3.63, 3.8) is 0 Å². The van der Waals surface area contributed by atoms with Crippen LogP contribution in [0.1, 0.15) is 11.1 Å². The lowest BCUT2D eigenvalue weighted by Gasteiger charge is -2.12. The summed E-state index contributed by atoms with van der Waals surface area (Å²) in [5, 5.41) is 3.29. The second-order valence-corrected chi connectivity index (χ2v) is 4.88. The van der Waals surface area contributed by atoms with Crippen LogP contribution < -0.4 is 5.32 Å². The van der Waals surface area contributed by atoms with Crippen molar-refractivity contribution in [3.05, 3.63) is 64.4 Å². The summed E-state index contributed by atoms with van der Waals surface area (Å²) in [6.07, 6.45) is 0.180. The Labute approximate surface area is 127 Å². The van der Waals surface area contributed by atoms with Crippen LogP contribution in [-0.4, -0.2) is 13.1 Å². The molecule has 0 saturated carbocycles. The highest BCUT2D eigenvalue weighted by atomic mass is 35.5. The van der Waals surface area contributed by atoms with Gasteiger partial charge in [-0.3, -0.25) is 4.79 Å². The summed E-state index contributed by atoms with van der Waals surface area (Å²) in [5.41, 5.74) is 1.98. The van der Waals surface area contributed by atoms with E-state index in [1.807, 2.05) is 24.3 Å². The number of esters is 1. The molecule has 5 heteroatoms. The van der Waals surface area contributed by atoms with Gasteiger partial charge in [-0.05, 0) is 23.3 Å². The fourth-order valence-electron chi connectivity index (χ4n) is 1.98. The molecule has 0 heterocycles. The summed E-state index contributed by atoms with van der Waals surface area (Å²) in [6, 6.07) is 11.9. The number of hydrogen-bond donors (Lipinski definition) is 1. The maximum absolute atomic E-state index is 13.7. The third-order valence-electron chi connectivity index (χ3n) is 3.10. The standard InChI is InChI=1S/C16H15ClFNO2/c1-21-15(20)9-11-5-2-3-6-12(11)10-19-16-13(17)7-4-8-14(16)18/h2-8,19H,9-10H2,1H3. The average Bonchev–Trinajstić information content (AvgIpc) is 2.48. The van der Waals surface area contributed by atoms with Crippen molar-refractivity contribution in [2.75, 3.05) is 12.4 Å². The number of ether oxygens (including phenoxy) is 1. The molecule has 0 saturated heterocycles. The van der Waals surface area contributed by atoms with E-state index in [0.29, 0.717) is 11.6 Å². The van der Waals surface area contributed by atoms with Gasteiger partial charge in [0.15, 0.2) is 0 Å². The minimum Gasteiger partial charge on any atom is -0.469 e. The normalized spacial score (nSPS) is 10.2. The molecule has 1 N–H and O–H groups in total. The number of anilines is 1. The summed E-state index contributed by atoms with van der Waals surface area (Å²) >= 11 is 5.97. The van der Waals surface area contributed by atoms with Crippen LogP contribution in [0.2, 0.25) is 5.02 Å². The van der Waals surface area contributed by atoms with Gasteiger partial charge in [-0.15, -0.1) is 0 Å². The largest absolute Gasteiger partial charge is 0.469 e. The van der Waals surface area contributed by atoms with Gasteiger partial charge in [-0.25, -0.2) is 4.39 Å². The maximum Gasteiger partial charge on any atom is 0.309 e. The van der Waals surface area contributed by atoms with Crippen molar-refractivity contribution in [1.82, 2.24) is 0 Å². The molecular weight excluding hydrogens is 293 g/mol. The van der Waals surface area contributed by atoms with Gasteiger partial charge in [0.1, 0.15) is 5.82 Å². The Morgan fingerprint density at radius 3 is 2.57 bits per heavy atom. The van der Waals surface area contributed by atoms with E-state index in [9.17, 15) is 9.18 Å². The Morgan fingerprint density at radius 2 is 1.90 bits per heavy atom. The molecule has 0 spiro atoms. The summed E-state index contributed by atoms with van der Waals surface area (Å²) < 4.78 is 18.4. The van der Waals surface area contributed by atoms with Gasteiger partial charge in [0, 0.05) is 6.54 Å². The average molecular weight is 308 g/mol. The minimum atomic E-state index is -0.409. The summed E-state index contributed by atoms with van der Waals surface area (Å²) in [5.74, 6) is -0.723. The first-order valence-electron chi connectivity index (χ1n) is 6.43. The number of methoxy groups -OCH3 is 1. The SMILES string of the molecule is COC(=O)Cc1ccccc1CNc1c(F)cccc1Cl. The molecular formula is C16H15ClFNO2. The second kappa shape index (κ2) is 7.09. The second-order valence-electron chi connectivity index (χ2n) is 4.47. The molecule has 0 aliphatic heterocycles. The Morgan fingerprint density at radius 1 is 1.19 bits per heavy atom. The van der Waals surface area contributed by atoms with Crippen molar-refractivity contribution in [1.29, 1.82) is 0 Å². The summed E-state index contributed by atoms with van der Waals surface area (Å²) in [4.78, 5) is 11.4. The van der Waals surface area contributed by atoms with Crippen LogP contribution >= 0.6 is 11.6 Å². The first-order valence-corrected chi connectivity index (χ1v) is 6.81. The van der Waals surface area contributed by atoms with Gasteiger partial charge in [0.2, 0.25) is 0 Å². The van der Waals surface area contributed by atoms with E-state index in [0.717, 1.165) is 11.1 Å². The molecule has 0 fully saturated rings. The van der Waals surface area contributed by atoms with E-state index >= 15 is 0 Å². The van der Waals surface area contributed by atoms with Gasteiger partial charge < -0.3 is 10.1 Å². The number of benzene rings is 2. The molecule has 0 aromatic heterocycles. The third-order valence-corrected chi connectivity index (χ3v) is 3.41. The molecule has 21 heavy (non-hydrogen) atoms. The molecule has 2 rings (SSSR count). The molecule has 110 valence electrons. The molecule has 0 amide bonds. The van der Waals surface area contributed by atoms with E-state index in [2.05, 4.69) is 10.1 Å².